The van der Waals surface area contributed by atoms with E-state index >= 15 is 0 Å². The zero-order chi connectivity index (χ0) is 12.8. The first kappa shape index (κ1) is 14.5. The first-order valence-corrected chi connectivity index (χ1v) is 6.40. The molecular formula is C14H22ClNO. The summed E-state index contributed by atoms with van der Waals surface area (Å²) in [5, 5.41) is 4.19. The zero-order valence-corrected chi connectivity index (χ0v) is 11.8. The third kappa shape index (κ3) is 3.98. The second kappa shape index (κ2) is 7.00. The Morgan fingerprint density at radius 1 is 1.41 bits per heavy atom. The summed E-state index contributed by atoms with van der Waals surface area (Å²) in [5.41, 5.74) is 2.56. The van der Waals surface area contributed by atoms with E-state index < -0.39 is 0 Å². The van der Waals surface area contributed by atoms with Gasteiger partial charge in [0.2, 0.25) is 0 Å². The van der Waals surface area contributed by atoms with Gasteiger partial charge in [-0.05, 0) is 49.6 Å². The highest BCUT2D eigenvalue weighted by molar-refractivity contribution is 6.30. The Morgan fingerprint density at radius 2 is 2.12 bits per heavy atom. The molecule has 2 unspecified atom stereocenters. The van der Waals surface area contributed by atoms with Gasteiger partial charge in [-0.3, -0.25) is 0 Å². The third-order valence-corrected chi connectivity index (χ3v) is 3.46. The predicted octanol–water partition coefficient (Wildman–Crippen LogP) is 3.58. The van der Waals surface area contributed by atoms with Gasteiger partial charge in [0.25, 0.3) is 0 Å². The van der Waals surface area contributed by atoms with E-state index in [1.807, 2.05) is 19.2 Å². The molecule has 0 heterocycles. The van der Waals surface area contributed by atoms with Crippen LogP contribution in [-0.2, 0) is 4.74 Å². The van der Waals surface area contributed by atoms with Crippen molar-refractivity contribution in [3.8, 4) is 0 Å². The molecule has 0 aliphatic heterocycles. The molecule has 0 fully saturated rings. The molecule has 2 atom stereocenters. The van der Waals surface area contributed by atoms with Crippen LogP contribution in [0.1, 0.15) is 30.5 Å². The first-order valence-electron chi connectivity index (χ1n) is 6.02. The van der Waals surface area contributed by atoms with Crippen LogP contribution in [0.4, 0.5) is 0 Å². The Labute approximate surface area is 109 Å². The fourth-order valence-corrected chi connectivity index (χ4v) is 2.43. The van der Waals surface area contributed by atoms with E-state index in [2.05, 4.69) is 25.2 Å². The summed E-state index contributed by atoms with van der Waals surface area (Å²) < 4.78 is 5.14. The molecule has 0 radical (unpaired) electrons. The van der Waals surface area contributed by atoms with Crippen LogP contribution >= 0.6 is 11.6 Å². The molecule has 1 rings (SSSR count). The highest BCUT2D eigenvalue weighted by Crippen LogP contribution is 2.28. The van der Waals surface area contributed by atoms with Crippen molar-refractivity contribution < 1.29 is 4.74 Å². The largest absolute Gasteiger partial charge is 0.385 e. The van der Waals surface area contributed by atoms with Crippen molar-refractivity contribution in [2.75, 3.05) is 20.8 Å². The monoisotopic (exact) mass is 255 g/mol. The predicted molar refractivity (Wildman–Crippen MR) is 73.6 cm³/mol. The van der Waals surface area contributed by atoms with Crippen molar-refractivity contribution in [2.45, 2.75) is 26.3 Å². The molecule has 1 aromatic carbocycles. The molecule has 0 spiro atoms. The van der Waals surface area contributed by atoms with Gasteiger partial charge in [0.1, 0.15) is 0 Å². The molecular weight excluding hydrogens is 234 g/mol. The van der Waals surface area contributed by atoms with E-state index in [9.17, 15) is 0 Å². The number of aryl methyl sites for hydroxylation is 1. The van der Waals surface area contributed by atoms with Crippen molar-refractivity contribution in [3.05, 3.63) is 34.3 Å². The van der Waals surface area contributed by atoms with Gasteiger partial charge >= 0.3 is 0 Å². The van der Waals surface area contributed by atoms with Crippen LogP contribution in [0.25, 0.3) is 0 Å². The highest BCUT2D eigenvalue weighted by Gasteiger charge is 2.18. The van der Waals surface area contributed by atoms with E-state index in [4.69, 9.17) is 16.3 Å². The van der Waals surface area contributed by atoms with Crippen molar-refractivity contribution in [3.63, 3.8) is 0 Å². The van der Waals surface area contributed by atoms with Gasteiger partial charge in [-0.25, -0.2) is 0 Å². The Morgan fingerprint density at radius 3 is 2.65 bits per heavy atom. The average molecular weight is 256 g/mol. The molecule has 0 aliphatic rings. The maximum absolute atomic E-state index is 5.99. The van der Waals surface area contributed by atoms with Crippen molar-refractivity contribution >= 4 is 11.6 Å². The molecule has 0 aromatic heterocycles. The number of rotatable bonds is 6. The van der Waals surface area contributed by atoms with E-state index in [0.29, 0.717) is 12.0 Å². The molecule has 0 saturated heterocycles. The van der Waals surface area contributed by atoms with Crippen LogP contribution in [0.15, 0.2) is 18.2 Å². The van der Waals surface area contributed by atoms with Crippen LogP contribution in [0.3, 0.4) is 0 Å². The van der Waals surface area contributed by atoms with E-state index in [0.717, 1.165) is 18.1 Å². The minimum Gasteiger partial charge on any atom is -0.385 e. The minimum atomic E-state index is 0.349. The number of nitrogens with one attached hydrogen (secondary N) is 1. The third-order valence-electron chi connectivity index (χ3n) is 3.22. The molecule has 0 bridgehead atoms. The van der Waals surface area contributed by atoms with Gasteiger partial charge in [-0.2, -0.15) is 0 Å². The number of benzene rings is 1. The molecule has 0 aliphatic carbocycles. The van der Waals surface area contributed by atoms with Crippen LogP contribution in [0.2, 0.25) is 5.02 Å². The Hall–Kier alpha value is -0.570. The summed E-state index contributed by atoms with van der Waals surface area (Å²) in [6.07, 6.45) is 1.05. The Kier molecular flexibility index (Phi) is 5.96. The standard InChI is InChI=1S/C14H22ClNO/c1-10(7-8-17-4)14(16-3)13-6-5-12(15)9-11(13)2/h5-6,9-10,14,16H,7-8H2,1-4H3. The summed E-state index contributed by atoms with van der Waals surface area (Å²) in [6.45, 7) is 5.15. The first-order chi connectivity index (χ1) is 8.10. The lowest BCUT2D eigenvalue weighted by Gasteiger charge is -2.25. The normalized spacial score (nSPS) is 14.6. The number of methoxy groups -OCH3 is 1. The molecule has 3 heteroatoms. The topological polar surface area (TPSA) is 21.3 Å². The minimum absolute atomic E-state index is 0.349. The SMILES string of the molecule is CNC(c1ccc(Cl)cc1C)C(C)CCOC. The fraction of sp³-hybridized carbons (Fsp3) is 0.571. The summed E-state index contributed by atoms with van der Waals surface area (Å²) >= 11 is 5.99. The van der Waals surface area contributed by atoms with Crippen LogP contribution in [-0.4, -0.2) is 20.8 Å². The van der Waals surface area contributed by atoms with Crippen LogP contribution in [0, 0.1) is 12.8 Å². The van der Waals surface area contributed by atoms with Gasteiger partial charge in [0, 0.05) is 24.8 Å². The van der Waals surface area contributed by atoms with Gasteiger partial charge < -0.3 is 10.1 Å². The maximum atomic E-state index is 5.99. The number of halogens is 1. The Bertz CT molecular complexity index is 354. The molecule has 1 aromatic rings. The summed E-state index contributed by atoms with van der Waals surface area (Å²) in [7, 11) is 3.75. The highest BCUT2D eigenvalue weighted by atomic mass is 35.5. The summed E-state index contributed by atoms with van der Waals surface area (Å²) in [4.78, 5) is 0. The van der Waals surface area contributed by atoms with E-state index in [1.165, 1.54) is 11.1 Å². The molecule has 17 heavy (non-hydrogen) atoms. The lowest BCUT2D eigenvalue weighted by Crippen LogP contribution is -2.25. The van der Waals surface area contributed by atoms with Gasteiger partial charge in [0.15, 0.2) is 0 Å². The van der Waals surface area contributed by atoms with Crippen molar-refractivity contribution in [2.24, 2.45) is 5.92 Å². The van der Waals surface area contributed by atoms with E-state index in [-0.39, 0.29) is 0 Å². The zero-order valence-electron chi connectivity index (χ0n) is 11.1. The molecule has 0 amide bonds. The second-order valence-corrected chi connectivity index (χ2v) is 4.96. The van der Waals surface area contributed by atoms with E-state index in [1.54, 1.807) is 7.11 Å². The fourth-order valence-electron chi connectivity index (χ4n) is 2.21. The lowest BCUT2D eigenvalue weighted by atomic mass is 9.90. The second-order valence-electron chi connectivity index (χ2n) is 4.53. The van der Waals surface area contributed by atoms with Crippen molar-refractivity contribution in [1.29, 1.82) is 0 Å². The van der Waals surface area contributed by atoms with Crippen molar-refractivity contribution in [1.82, 2.24) is 5.32 Å². The molecule has 1 N–H and O–H groups in total. The number of hydrogen-bond donors (Lipinski definition) is 1. The van der Waals surface area contributed by atoms with Gasteiger partial charge in [-0.1, -0.05) is 24.6 Å². The molecule has 2 nitrogen and oxygen atoms in total. The molecule has 0 saturated carbocycles. The summed E-state index contributed by atoms with van der Waals surface area (Å²) in [5.74, 6) is 0.528. The smallest absolute Gasteiger partial charge is 0.0465 e. The number of hydrogen-bond acceptors (Lipinski definition) is 2. The van der Waals surface area contributed by atoms with Crippen LogP contribution < -0.4 is 5.32 Å². The quantitative estimate of drug-likeness (QED) is 0.839. The lowest BCUT2D eigenvalue weighted by molar-refractivity contribution is 0.171. The number of ether oxygens (including phenoxy) is 1. The maximum Gasteiger partial charge on any atom is 0.0465 e. The summed E-state index contributed by atoms with van der Waals surface area (Å²) in [6, 6.07) is 6.44. The average Bonchev–Trinajstić information content (AvgIpc) is 2.30. The van der Waals surface area contributed by atoms with Gasteiger partial charge in [-0.15, -0.1) is 0 Å². The molecule has 96 valence electrons. The Balaban J connectivity index is 2.85. The van der Waals surface area contributed by atoms with Gasteiger partial charge in [0.05, 0.1) is 0 Å². The van der Waals surface area contributed by atoms with Crippen LogP contribution in [0.5, 0.6) is 0 Å².